The number of methoxy groups -OCH3 is 1. The van der Waals surface area contributed by atoms with Crippen LogP contribution >= 0.6 is 0 Å². The Labute approximate surface area is 122 Å². The highest BCUT2D eigenvalue weighted by atomic mass is 16.5. The van der Waals surface area contributed by atoms with Gasteiger partial charge in [-0.3, -0.25) is 4.79 Å². The predicted molar refractivity (Wildman–Crippen MR) is 80.9 cm³/mol. The van der Waals surface area contributed by atoms with Crippen LogP contribution in [-0.4, -0.2) is 23.1 Å². The van der Waals surface area contributed by atoms with Gasteiger partial charge in [-0.15, -0.1) is 0 Å². The monoisotopic (exact) mass is 284 g/mol. The summed E-state index contributed by atoms with van der Waals surface area (Å²) in [5.74, 6) is 0.0436. The van der Waals surface area contributed by atoms with Crippen LogP contribution in [0.25, 0.3) is 6.08 Å². The number of phenolic OH excluding ortho intramolecular Hbond substituents is 2. The zero-order valence-corrected chi connectivity index (χ0v) is 11.8. The molecule has 0 amide bonds. The zero-order valence-electron chi connectivity index (χ0n) is 11.8. The van der Waals surface area contributed by atoms with E-state index < -0.39 is 0 Å². The number of phenols is 2. The van der Waals surface area contributed by atoms with E-state index in [9.17, 15) is 15.0 Å². The van der Waals surface area contributed by atoms with Crippen LogP contribution in [-0.2, 0) is 0 Å². The van der Waals surface area contributed by atoms with E-state index in [1.807, 2.05) is 6.92 Å². The molecule has 0 aromatic heterocycles. The fourth-order valence-corrected chi connectivity index (χ4v) is 1.91. The van der Waals surface area contributed by atoms with Crippen molar-refractivity contribution >= 4 is 11.9 Å². The number of ether oxygens (including phenoxy) is 1. The fraction of sp³-hybridized carbons (Fsp3) is 0.118. The van der Waals surface area contributed by atoms with Crippen molar-refractivity contribution in [3.05, 3.63) is 59.2 Å². The van der Waals surface area contributed by atoms with Gasteiger partial charge in [0.05, 0.1) is 12.7 Å². The average Bonchev–Trinajstić information content (AvgIpc) is 2.48. The molecule has 2 aromatic carbocycles. The van der Waals surface area contributed by atoms with Gasteiger partial charge in [-0.25, -0.2) is 0 Å². The Hall–Kier alpha value is -2.75. The first-order chi connectivity index (χ1) is 10.0. The van der Waals surface area contributed by atoms with Gasteiger partial charge < -0.3 is 14.9 Å². The molecular formula is C17H16O4. The Morgan fingerprint density at radius 3 is 2.52 bits per heavy atom. The summed E-state index contributed by atoms with van der Waals surface area (Å²) in [6.07, 6.45) is 2.98. The quantitative estimate of drug-likeness (QED) is 0.667. The van der Waals surface area contributed by atoms with Crippen molar-refractivity contribution in [2.75, 3.05) is 7.11 Å². The van der Waals surface area contributed by atoms with Gasteiger partial charge in [0, 0.05) is 0 Å². The van der Waals surface area contributed by atoms with Crippen LogP contribution in [0, 0.1) is 6.92 Å². The van der Waals surface area contributed by atoms with Crippen molar-refractivity contribution in [2.24, 2.45) is 0 Å². The number of carbonyl (C=O) groups is 1. The molecular weight excluding hydrogens is 268 g/mol. The van der Waals surface area contributed by atoms with E-state index in [0.717, 1.165) is 5.56 Å². The van der Waals surface area contributed by atoms with Crippen LogP contribution < -0.4 is 4.74 Å². The molecule has 0 bridgehead atoms. The van der Waals surface area contributed by atoms with Crippen molar-refractivity contribution < 1.29 is 19.7 Å². The third-order valence-corrected chi connectivity index (χ3v) is 3.05. The SMILES string of the molecule is COc1cc(C=CC(=O)c2cc(C)ccc2O)ccc1O. The summed E-state index contributed by atoms with van der Waals surface area (Å²) in [5.41, 5.74) is 1.87. The molecule has 0 heterocycles. The molecule has 0 aliphatic heterocycles. The van der Waals surface area contributed by atoms with E-state index in [0.29, 0.717) is 11.3 Å². The van der Waals surface area contributed by atoms with Crippen molar-refractivity contribution in [1.29, 1.82) is 0 Å². The third-order valence-electron chi connectivity index (χ3n) is 3.05. The number of aryl methyl sites for hydroxylation is 1. The first kappa shape index (κ1) is 14.7. The Balaban J connectivity index is 2.24. The van der Waals surface area contributed by atoms with Gasteiger partial charge in [-0.2, -0.15) is 0 Å². The predicted octanol–water partition coefficient (Wildman–Crippen LogP) is 3.31. The lowest BCUT2D eigenvalue weighted by molar-refractivity contribution is 0.104. The van der Waals surface area contributed by atoms with Crippen molar-refractivity contribution in [1.82, 2.24) is 0 Å². The minimum absolute atomic E-state index is 0.0392. The molecule has 2 aromatic rings. The van der Waals surface area contributed by atoms with E-state index in [2.05, 4.69) is 0 Å². The van der Waals surface area contributed by atoms with Crippen LogP contribution in [0.15, 0.2) is 42.5 Å². The van der Waals surface area contributed by atoms with E-state index in [1.54, 1.807) is 30.3 Å². The molecule has 0 radical (unpaired) electrons. The van der Waals surface area contributed by atoms with Crippen LogP contribution in [0.4, 0.5) is 0 Å². The second-order valence-electron chi connectivity index (χ2n) is 4.65. The molecule has 0 saturated carbocycles. The average molecular weight is 284 g/mol. The van der Waals surface area contributed by atoms with Crippen LogP contribution in [0.3, 0.4) is 0 Å². The standard InChI is InChI=1S/C17H16O4/c1-11-3-6-14(18)13(9-11)15(19)7-4-12-5-8-16(20)17(10-12)21-2/h3-10,18,20H,1-2H3. The number of carbonyl (C=O) groups excluding carboxylic acids is 1. The molecule has 0 saturated heterocycles. The highest BCUT2D eigenvalue weighted by Crippen LogP contribution is 2.27. The maximum Gasteiger partial charge on any atom is 0.189 e. The summed E-state index contributed by atoms with van der Waals surface area (Å²) in [7, 11) is 1.46. The van der Waals surface area contributed by atoms with Gasteiger partial charge in [0.1, 0.15) is 5.75 Å². The van der Waals surface area contributed by atoms with Crippen LogP contribution in [0.5, 0.6) is 17.2 Å². The van der Waals surface area contributed by atoms with Gasteiger partial charge in [0.2, 0.25) is 0 Å². The van der Waals surface area contributed by atoms with Crippen LogP contribution in [0.2, 0.25) is 0 Å². The summed E-state index contributed by atoms with van der Waals surface area (Å²) in [4.78, 5) is 12.1. The largest absolute Gasteiger partial charge is 0.507 e. The third kappa shape index (κ3) is 3.42. The molecule has 2 N–H and O–H groups in total. The number of hydrogen-bond donors (Lipinski definition) is 2. The first-order valence-electron chi connectivity index (χ1n) is 6.40. The second kappa shape index (κ2) is 6.13. The summed E-state index contributed by atoms with van der Waals surface area (Å²) >= 11 is 0. The second-order valence-corrected chi connectivity index (χ2v) is 4.65. The van der Waals surface area contributed by atoms with E-state index in [4.69, 9.17) is 4.74 Å². The van der Waals surface area contributed by atoms with E-state index >= 15 is 0 Å². The molecule has 108 valence electrons. The lowest BCUT2D eigenvalue weighted by atomic mass is 10.1. The van der Waals surface area contributed by atoms with Gasteiger partial charge in [-0.1, -0.05) is 23.8 Å². The lowest BCUT2D eigenvalue weighted by Crippen LogP contribution is -1.95. The van der Waals surface area contributed by atoms with Crippen molar-refractivity contribution in [2.45, 2.75) is 6.92 Å². The van der Waals surface area contributed by atoms with E-state index in [-0.39, 0.29) is 22.8 Å². The molecule has 2 rings (SSSR count). The van der Waals surface area contributed by atoms with Crippen molar-refractivity contribution in [3.63, 3.8) is 0 Å². The highest BCUT2D eigenvalue weighted by Gasteiger charge is 2.08. The molecule has 0 aliphatic carbocycles. The van der Waals surface area contributed by atoms with E-state index in [1.165, 1.54) is 25.3 Å². The van der Waals surface area contributed by atoms with Gasteiger partial charge in [-0.05, 0) is 42.8 Å². The minimum Gasteiger partial charge on any atom is -0.507 e. The molecule has 4 nitrogen and oxygen atoms in total. The fourth-order valence-electron chi connectivity index (χ4n) is 1.91. The normalized spacial score (nSPS) is 10.8. The smallest absolute Gasteiger partial charge is 0.189 e. The molecule has 0 fully saturated rings. The number of rotatable bonds is 4. The number of aromatic hydroxyl groups is 2. The number of ketones is 1. The summed E-state index contributed by atoms with van der Waals surface area (Å²) in [6, 6.07) is 9.65. The molecule has 0 aliphatic rings. The molecule has 21 heavy (non-hydrogen) atoms. The molecule has 0 atom stereocenters. The maximum absolute atomic E-state index is 12.1. The highest BCUT2D eigenvalue weighted by molar-refractivity contribution is 6.08. The Bertz CT molecular complexity index is 702. The Kier molecular flexibility index (Phi) is 4.28. The first-order valence-corrected chi connectivity index (χ1v) is 6.40. The number of allylic oxidation sites excluding steroid dienone is 1. The summed E-state index contributed by atoms with van der Waals surface area (Å²) < 4.78 is 5.00. The topological polar surface area (TPSA) is 66.8 Å². The Morgan fingerprint density at radius 2 is 1.81 bits per heavy atom. The van der Waals surface area contributed by atoms with Gasteiger partial charge >= 0.3 is 0 Å². The molecule has 0 spiro atoms. The lowest BCUT2D eigenvalue weighted by Gasteiger charge is -2.04. The Morgan fingerprint density at radius 1 is 1.10 bits per heavy atom. The van der Waals surface area contributed by atoms with Gasteiger partial charge in [0.25, 0.3) is 0 Å². The van der Waals surface area contributed by atoms with Gasteiger partial charge in [0.15, 0.2) is 17.3 Å². The summed E-state index contributed by atoms with van der Waals surface area (Å²) in [5, 5.41) is 19.2. The molecule has 0 unspecified atom stereocenters. The zero-order chi connectivity index (χ0) is 15.4. The minimum atomic E-state index is -0.289. The van der Waals surface area contributed by atoms with Crippen molar-refractivity contribution in [3.8, 4) is 17.2 Å². The van der Waals surface area contributed by atoms with Crippen LogP contribution in [0.1, 0.15) is 21.5 Å². The molecule has 4 heteroatoms. The number of hydrogen-bond acceptors (Lipinski definition) is 4. The summed E-state index contributed by atoms with van der Waals surface area (Å²) in [6.45, 7) is 1.85. The number of benzene rings is 2. The maximum atomic E-state index is 12.1.